The molecule has 0 fully saturated rings. The fourth-order valence-corrected chi connectivity index (χ4v) is 2.59. The molecule has 0 saturated carbocycles. The first-order valence-electron chi connectivity index (χ1n) is 8.95. The van der Waals surface area contributed by atoms with Crippen molar-refractivity contribution in [1.29, 1.82) is 0 Å². The molecule has 0 bridgehead atoms. The van der Waals surface area contributed by atoms with Crippen LogP contribution in [-0.4, -0.2) is 64.8 Å². The Labute approximate surface area is 165 Å². The van der Waals surface area contributed by atoms with E-state index in [0.717, 1.165) is 0 Å². The fourth-order valence-electron chi connectivity index (χ4n) is 2.59. The van der Waals surface area contributed by atoms with Gasteiger partial charge in [0.25, 0.3) is 0 Å². The maximum atomic E-state index is 12.0. The van der Waals surface area contributed by atoms with Gasteiger partial charge in [-0.2, -0.15) is 0 Å². The van der Waals surface area contributed by atoms with Gasteiger partial charge >= 0.3 is 18.5 Å². The molecule has 0 radical (unpaired) electrons. The van der Waals surface area contributed by atoms with Gasteiger partial charge in [0.2, 0.25) is 0 Å². The van der Waals surface area contributed by atoms with Crippen LogP contribution in [-0.2, 0) is 23.7 Å². The molecule has 0 saturated heterocycles. The molecule has 0 aromatic heterocycles. The second-order valence-electron chi connectivity index (χ2n) is 7.87. The number of hydrogen-bond acceptors (Lipinski definition) is 9. The summed E-state index contributed by atoms with van der Waals surface area (Å²) in [7, 11) is 0. The van der Waals surface area contributed by atoms with Crippen molar-refractivity contribution in [1.82, 2.24) is 0 Å². The minimum atomic E-state index is -1.41. The molecule has 10 nitrogen and oxygen atoms in total. The first kappa shape index (κ1) is 25.8. The van der Waals surface area contributed by atoms with E-state index >= 15 is 0 Å². The van der Waals surface area contributed by atoms with Crippen LogP contribution in [0.1, 0.15) is 61.3 Å². The monoisotopic (exact) mass is 408 g/mol. The van der Waals surface area contributed by atoms with Crippen LogP contribution in [0.4, 0.5) is 14.4 Å². The van der Waals surface area contributed by atoms with Crippen molar-refractivity contribution in [3.8, 4) is 0 Å². The van der Waals surface area contributed by atoms with Crippen molar-refractivity contribution in [2.75, 3.05) is 6.61 Å². The molecule has 3 atom stereocenters. The van der Waals surface area contributed by atoms with E-state index in [0.29, 0.717) is 0 Å². The number of carboxylic acid groups (broad SMARTS) is 1. The molecular formula is C18H32O10. The van der Waals surface area contributed by atoms with Crippen LogP contribution in [0.5, 0.6) is 0 Å². The van der Waals surface area contributed by atoms with Gasteiger partial charge in [0.1, 0.15) is 29.5 Å². The average molecular weight is 408 g/mol. The van der Waals surface area contributed by atoms with Crippen molar-refractivity contribution >= 4 is 18.5 Å². The molecular weight excluding hydrogens is 376 g/mol. The maximum absolute atomic E-state index is 12.0. The molecule has 164 valence electrons. The zero-order chi connectivity index (χ0) is 22.1. The predicted molar refractivity (Wildman–Crippen MR) is 97.1 cm³/mol. The van der Waals surface area contributed by atoms with E-state index < -0.39 is 48.0 Å². The van der Waals surface area contributed by atoms with Crippen LogP contribution in [0.3, 0.4) is 0 Å². The molecule has 0 amide bonds. The molecule has 2 N–H and O–H groups in total. The lowest BCUT2D eigenvalue weighted by Crippen LogP contribution is -2.37. The Morgan fingerprint density at radius 2 is 1.11 bits per heavy atom. The van der Waals surface area contributed by atoms with Gasteiger partial charge in [0.05, 0.1) is 6.61 Å². The molecule has 0 aliphatic carbocycles. The highest BCUT2D eigenvalue weighted by Gasteiger charge is 2.32. The highest BCUT2D eigenvalue weighted by Crippen LogP contribution is 2.23. The maximum Gasteiger partial charge on any atom is 0.509 e. The van der Waals surface area contributed by atoms with Crippen molar-refractivity contribution < 1.29 is 48.3 Å². The summed E-state index contributed by atoms with van der Waals surface area (Å²) >= 11 is 0. The van der Waals surface area contributed by atoms with Crippen LogP contribution in [0.25, 0.3) is 0 Å². The van der Waals surface area contributed by atoms with Gasteiger partial charge < -0.3 is 33.9 Å². The third-order valence-corrected chi connectivity index (χ3v) is 3.43. The molecule has 10 heteroatoms. The third kappa shape index (κ3) is 12.2. The van der Waals surface area contributed by atoms with E-state index in [9.17, 15) is 14.4 Å². The van der Waals surface area contributed by atoms with Gasteiger partial charge in [-0.3, -0.25) is 0 Å². The molecule has 0 rings (SSSR count). The lowest BCUT2D eigenvalue weighted by atomic mass is 10.0. The lowest BCUT2D eigenvalue weighted by molar-refractivity contribution is -0.0749. The fraction of sp³-hybridized carbons (Fsp3) is 0.833. The van der Waals surface area contributed by atoms with E-state index in [2.05, 4.69) is 4.74 Å². The van der Waals surface area contributed by atoms with E-state index in [1.54, 1.807) is 41.5 Å². The van der Waals surface area contributed by atoms with Gasteiger partial charge in [-0.25, -0.2) is 14.4 Å². The van der Waals surface area contributed by atoms with E-state index in [-0.39, 0.29) is 19.4 Å². The third-order valence-electron chi connectivity index (χ3n) is 3.43. The molecule has 0 aromatic carbocycles. The predicted octanol–water partition coefficient (Wildman–Crippen LogP) is 3.48. The number of ether oxygens (including phenoxy) is 5. The summed E-state index contributed by atoms with van der Waals surface area (Å²) in [5.41, 5.74) is -2.01. The standard InChI is InChI=1S/C18H32O10/c1-11(24-14(20)21)8-17(4,5)27-15(22)25-12(2)9-18(6,7)28-16(23)26-13(3)10-19/h11-13,19H,8-10H2,1-7H3,(H,20,21). The smallest absolute Gasteiger partial charge is 0.450 e. The highest BCUT2D eigenvalue weighted by molar-refractivity contribution is 5.61. The topological polar surface area (TPSA) is 138 Å². The number of carbonyl (C=O) groups excluding carboxylic acids is 2. The largest absolute Gasteiger partial charge is 0.509 e. The minimum Gasteiger partial charge on any atom is -0.450 e. The lowest BCUT2D eigenvalue weighted by Gasteiger charge is -2.30. The van der Waals surface area contributed by atoms with Crippen molar-refractivity contribution in [3.05, 3.63) is 0 Å². The normalized spacial score (nSPS) is 15.0. The molecule has 28 heavy (non-hydrogen) atoms. The van der Waals surface area contributed by atoms with E-state index in [1.807, 2.05) is 0 Å². The number of aliphatic hydroxyl groups is 1. The molecule has 3 unspecified atom stereocenters. The number of rotatable bonds is 10. The van der Waals surface area contributed by atoms with Gasteiger partial charge in [-0.05, 0) is 48.5 Å². The summed E-state index contributed by atoms with van der Waals surface area (Å²) < 4.78 is 25.0. The Kier molecular flexibility index (Phi) is 10.1. The zero-order valence-electron chi connectivity index (χ0n) is 17.5. The zero-order valence-corrected chi connectivity index (χ0v) is 17.5. The Morgan fingerprint density at radius 3 is 1.46 bits per heavy atom. The summed E-state index contributed by atoms with van der Waals surface area (Å²) in [6.45, 7) is 10.8. The Bertz CT molecular complexity index is 528. The Balaban J connectivity index is 4.52. The summed E-state index contributed by atoms with van der Waals surface area (Å²) in [5, 5.41) is 17.5. The summed E-state index contributed by atoms with van der Waals surface area (Å²) in [4.78, 5) is 34.2. The van der Waals surface area contributed by atoms with Crippen LogP contribution in [0.2, 0.25) is 0 Å². The van der Waals surface area contributed by atoms with Crippen LogP contribution in [0.15, 0.2) is 0 Å². The first-order valence-corrected chi connectivity index (χ1v) is 8.95. The van der Waals surface area contributed by atoms with Gasteiger partial charge in [-0.1, -0.05) is 0 Å². The van der Waals surface area contributed by atoms with E-state index in [1.165, 1.54) is 6.92 Å². The number of carbonyl (C=O) groups is 3. The minimum absolute atomic E-state index is 0.145. The number of hydrogen-bond donors (Lipinski definition) is 2. The Morgan fingerprint density at radius 1 is 0.750 bits per heavy atom. The highest BCUT2D eigenvalue weighted by atomic mass is 16.7. The molecule has 0 aromatic rings. The molecule has 0 spiro atoms. The summed E-state index contributed by atoms with van der Waals surface area (Å²) in [6.07, 6.45) is -4.97. The molecule has 0 heterocycles. The summed E-state index contributed by atoms with van der Waals surface area (Å²) in [6, 6.07) is 0. The van der Waals surface area contributed by atoms with Crippen LogP contribution in [0, 0.1) is 0 Å². The second-order valence-corrected chi connectivity index (χ2v) is 7.87. The quantitative estimate of drug-likeness (QED) is 0.408. The molecule has 0 aliphatic rings. The van der Waals surface area contributed by atoms with Gasteiger partial charge in [-0.15, -0.1) is 0 Å². The van der Waals surface area contributed by atoms with Crippen LogP contribution >= 0.6 is 0 Å². The van der Waals surface area contributed by atoms with Crippen molar-refractivity contribution in [2.24, 2.45) is 0 Å². The van der Waals surface area contributed by atoms with E-state index in [4.69, 9.17) is 29.2 Å². The van der Waals surface area contributed by atoms with Crippen molar-refractivity contribution in [3.63, 3.8) is 0 Å². The van der Waals surface area contributed by atoms with Crippen LogP contribution < -0.4 is 0 Å². The first-order chi connectivity index (χ1) is 12.7. The van der Waals surface area contributed by atoms with Crippen molar-refractivity contribution in [2.45, 2.75) is 90.8 Å². The van der Waals surface area contributed by atoms with Gasteiger partial charge in [0.15, 0.2) is 0 Å². The molecule has 0 aliphatic heterocycles. The SMILES string of the molecule is CC(CC(C)(C)OC(=O)OC(C)CC(C)(C)OC(=O)OC(C)CO)OC(=O)O. The Hall–Kier alpha value is -2.23. The van der Waals surface area contributed by atoms with Gasteiger partial charge in [0, 0.05) is 12.8 Å². The average Bonchev–Trinajstić information content (AvgIpc) is 2.42. The summed E-state index contributed by atoms with van der Waals surface area (Å²) in [5.74, 6) is 0. The number of aliphatic hydroxyl groups excluding tert-OH is 1. The second kappa shape index (κ2) is 10.9.